The van der Waals surface area contributed by atoms with E-state index in [1.807, 2.05) is 39.8 Å². The van der Waals surface area contributed by atoms with Gasteiger partial charge in [0.15, 0.2) is 0 Å². The summed E-state index contributed by atoms with van der Waals surface area (Å²) >= 11 is 0. The summed E-state index contributed by atoms with van der Waals surface area (Å²) in [6.07, 6.45) is 3.31. The van der Waals surface area contributed by atoms with E-state index >= 15 is 0 Å². The Labute approximate surface area is 125 Å². The number of Topliss-reactive ketones (excluding diaryl/α,β-unsaturated/α-hetero) is 1. The van der Waals surface area contributed by atoms with Crippen LogP contribution in [0.4, 0.5) is 4.79 Å². The van der Waals surface area contributed by atoms with Gasteiger partial charge in [0.05, 0.1) is 5.41 Å². The van der Waals surface area contributed by atoms with Crippen LogP contribution in [0.15, 0.2) is 24.5 Å². The fourth-order valence-electron chi connectivity index (χ4n) is 2.52. The Morgan fingerprint density at radius 1 is 1.33 bits per heavy atom. The van der Waals surface area contributed by atoms with E-state index in [-0.39, 0.29) is 11.9 Å². The largest absolute Gasteiger partial charge is 0.444 e. The van der Waals surface area contributed by atoms with Gasteiger partial charge in [0, 0.05) is 31.9 Å². The van der Waals surface area contributed by atoms with Gasteiger partial charge in [0.25, 0.3) is 0 Å². The van der Waals surface area contributed by atoms with E-state index in [2.05, 4.69) is 4.98 Å². The average molecular weight is 290 g/mol. The third kappa shape index (κ3) is 3.40. The van der Waals surface area contributed by atoms with Gasteiger partial charge in [0.2, 0.25) is 0 Å². The Morgan fingerprint density at radius 3 is 2.52 bits per heavy atom. The van der Waals surface area contributed by atoms with Gasteiger partial charge >= 0.3 is 6.09 Å². The maximum absolute atomic E-state index is 12.4. The van der Waals surface area contributed by atoms with Crippen molar-refractivity contribution in [3.63, 3.8) is 0 Å². The number of amides is 1. The van der Waals surface area contributed by atoms with Crippen molar-refractivity contribution in [1.29, 1.82) is 0 Å². The second kappa shape index (κ2) is 5.47. The van der Waals surface area contributed by atoms with Gasteiger partial charge in [0.1, 0.15) is 11.4 Å². The highest BCUT2D eigenvalue weighted by molar-refractivity contribution is 5.92. The van der Waals surface area contributed by atoms with Crippen LogP contribution in [-0.4, -0.2) is 40.5 Å². The minimum atomic E-state index is -0.696. The lowest BCUT2D eigenvalue weighted by atomic mass is 9.75. The number of likely N-dealkylation sites (tertiary alicyclic amines) is 1. The first-order valence-electron chi connectivity index (χ1n) is 7.14. The summed E-state index contributed by atoms with van der Waals surface area (Å²) in [7, 11) is 0. The van der Waals surface area contributed by atoms with Gasteiger partial charge < -0.3 is 9.64 Å². The first-order valence-corrected chi connectivity index (χ1v) is 7.14. The zero-order valence-corrected chi connectivity index (χ0v) is 13.0. The standard InChI is InChI=1S/C16H22N2O3/c1-15(2,3)21-14(20)18-10-7-13(19)16(4,11-18)12-5-8-17-9-6-12/h5-6,8-9H,7,10-11H2,1-4H3. The normalized spacial score (nSPS) is 23.0. The molecule has 114 valence electrons. The van der Waals surface area contributed by atoms with Crippen molar-refractivity contribution in [2.75, 3.05) is 13.1 Å². The van der Waals surface area contributed by atoms with Crippen LogP contribution in [0.2, 0.25) is 0 Å². The molecule has 0 bridgehead atoms. The second-order valence-electron chi connectivity index (χ2n) is 6.64. The summed E-state index contributed by atoms with van der Waals surface area (Å²) in [5.74, 6) is 0.147. The van der Waals surface area contributed by atoms with Gasteiger partial charge in [-0.05, 0) is 45.4 Å². The number of hydrogen-bond donors (Lipinski definition) is 0. The third-order valence-corrected chi connectivity index (χ3v) is 3.70. The number of ketones is 1. The molecule has 1 aliphatic heterocycles. The minimum absolute atomic E-state index is 0.147. The summed E-state index contributed by atoms with van der Waals surface area (Å²) in [4.78, 5) is 30.2. The molecule has 21 heavy (non-hydrogen) atoms. The van der Waals surface area contributed by atoms with E-state index in [1.165, 1.54) is 0 Å². The quantitative estimate of drug-likeness (QED) is 0.797. The number of pyridine rings is 1. The number of ether oxygens (including phenoxy) is 1. The van der Waals surface area contributed by atoms with E-state index < -0.39 is 11.0 Å². The van der Waals surface area contributed by atoms with Crippen LogP contribution in [0.5, 0.6) is 0 Å². The summed E-state index contributed by atoms with van der Waals surface area (Å²) < 4.78 is 5.40. The van der Waals surface area contributed by atoms with Gasteiger partial charge in [-0.15, -0.1) is 0 Å². The molecular formula is C16H22N2O3. The van der Waals surface area contributed by atoms with Crippen molar-refractivity contribution >= 4 is 11.9 Å². The average Bonchev–Trinajstić information content (AvgIpc) is 2.41. The first-order chi connectivity index (χ1) is 9.72. The minimum Gasteiger partial charge on any atom is -0.444 e. The predicted molar refractivity (Wildman–Crippen MR) is 79.0 cm³/mol. The number of carbonyl (C=O) groups excluding carboxylic acids is 2. The molecule has 1 aromatic heterocycles. The topological polar surface area (TPSA) is 59.5 Å². The number of carbonyl (C=O) groups is 2. The monoisotopic (exact) mass is 290 g/mol. The molecule has 1 aromatic rings. The molecule has 1 saturated heterocycles. The molecule has 0 saturated carbocycles. The SMILES string of the molecule is CC(C)(C)OC(=O)N1CCC(=O)C(C)(c2ccncc2)C1. The highest BCUT2D eigenvalue weighted by Crippen LogP contribution is 2.31. The fraction of sp³-hybridized carbons (Fsp3) is 0.562. The number of hydrogen-bond acceptors (Lipinski definition) is 4. The Kier molecular flexibility index (Phi) is 4.03. The lowest BCUT2D eigenvalue weighted by Crippen LogP contribution is -2.53. The lowest BCUT2D eigenvalue weighted by molar-refractivity contribution is -0.127. The molecule has 0 aliphatic carbocycles. The van der Waals surface area contributed by atoms with E-state index in [4.69, 9.17) is 4.74 Å². The highest BCUT2D eigenvalue weighted by Gasteiger charge is 2.42. The molecule has 1 aliphatic rings. The second-order valence-corrected chi connectivity index (χ2v) is 6.64. The Bertz CT molecular complexity index is 536. The zero-order chi connectivity index (χ0) is 15.7. The summed E-state index contributed by atoms with van der Waals surface area (Å²) in [5, 5.41) is 0. The molecule has 2 heterocycles. The molecule has 1 unspecified atom stereocenters. The van der Waals surface area contributed by atoms with E-state index in [9.17, 15) is 9.59 Å². The Hall–Kier alpha value is -1.91. The van der Waals surface area contributed by atoms with Gasteiger partial charge in [-0.3, -0.25) is 9.78 Å². The molecule has 5 nitrogen and oxygen atoms in total. The van der Waals surface area contributed by atoms with Crippen LogP contribution in [0, 0.1) is 0 Å². The Balaban J connectivity index is 2.20. The van der Waals surface area contributed by atoms with Crippen molar-refractivity contribution < 1.29 is 14.3 Å². The summed E-state index contributed by atoms with van der Waals surface area (Å²) in [6.45, 7) is 8.13. The highest BCUT2D eigenvalue weighted by atomic mass is 16.6. The molecule has 5 heteroatoms. The maximum atomic E-state index is 12.4. The molecule has 0 aromatic carbocycles. The summed E-state index contributed by atoms with van der Waals surface area (Å²) in [6, 6.07) is 3.66. The molecule has 0 radical (unpaired) electrons. The van der Waals surface area contributed by atoms with Crippen molar-refractivity contribution in [1.82, 2.24) is 9.88 Å². The van der Waals surface area contributed by atoms with Crippen molar-refractivity contribution in [2.24, 2.45) is 0 Å². The first kappa shape index (κ1) is 15.5. The van der Waals surface area contributed by atoms with Crippen LogP contribution in [0.3, 0.4) is 0 Å². The number of rotatable bonds is 1. The number of nitrogens with zero attached hydrogens (tertiary/aromatic N) is 2. The molecule has 1 atom stereocenters. The molecular weight excluding hydrogens is 268 g/mol. The van der Waals surface area contributed by atoms with E-state index in [0.29, 0.717) is 19.5 Å². The third-order valence-electron chi connectivity index (χ3n) is 3.70. The van der Waals surface area contributed by atoms with Crippen molar-refractivity contribution in [3.8, 4) is 0 Å². The zero-order valence-electron chi connectivity index (χ0n) is 13.0. The number of aromatic nitrogens is 1. The molecule has 2 rings (SSSR count). The van der Waals surface area contributed by atoms with Crippen LogP contribution >= 0.6 is 0 Å². The van der Waals surface area contributed by atoms with Gasteiger partial charge in [-0.2, -0.15) is 0 Å². The predicted octanol–water partition coefficient (Wildman–Crippen LogP) is 2.55. The van der Waals surface area contributed by atoms with Crippen LogP contribution < -0.4 is 0 Å². The van der Waals surface area contributed by atoms with Crippen molar-refractivity contribution in [3.05, 3.63) is 30.1 Å². The number of piperidine rings is 1. The summed E-state index contributed by atoms with van der Waals surface area (Å²) in [5.41, 5.74) is -0.347. The van der Waals surface area contributed by atoms with Crippen LogP contribution in [0.25, 0.3) is 0 Å². The lowest BCUT2D eigenvalue weighted by Gasteiger charge is -2.39. The van der Waals surface area contributed by atoms with Crippen LogP contribution in [0.1, 0.15) is 39.7 Å². The molecule has 0 spiro atoms. The Morgan fingerprint density at radius 2 is 1.95 bits per heavy atom. The fourth-order valence-corrected chi connectivity index (χ4v) is 2.52. The van der Waals surface area contributed by atoms with Crippen molar-refractivity contribution in [2.45, 2.75) is 45.1 Å². The van der Waals surface area contributed by atoms with E-state index in [0.717, 1.165) is 5.56 Å². The maximum Gasteiger partial charge on any atom is 0.410 e. The van der Waals surface area contributed by atoms with Crippen LogP contribution in [-0.2, 0) is 14.9 Å². The van der Waals surface area contributed by atoms with Gasteiger partial charge in [-0.25, -0.2) is 4.79 Å². The molecule has 1 amide bonds. The molecule has 1 fully saturated rings. The smallest absolute Gasteiger partial charge is 0.410 e. The van der Waals surface area contributed by atoms with Gasteiger partial charge in [-0.1, -0.05) is 0 Å². The van der Waals surface area contributed by atoms with E-state index in [1.54, 1.807) is 17.3 Å². The molecule has 0 N–H and O–H groups in total.